The number of hydrogen-bond acceptors (Lipinski definition) is 2. The first kappa shape index (κ1) is 7.02. The van der Waals surface area contributed by atoms with E-state index in [9.17, 15) is 4.39 Å². The summed E-state index contributed by atoms with van der Waals surface area (Å²) in [4.78, 5) is 3.99. The lowest BCUT2D eigenvalue weighted by Crippen LogP contribution is -1.81. The molecule has 0 amide bonds. The highest BCUT2D eigenvalue weighted by molar-refractivity contribution is 9.10. The first-order valence-corrected chi connectivity index (χ1v) is 3.45. The highest BCUT2D eigenvalue weighted by Crippen LogP contribution is 2.19. The maximum Gasteiger partial charge on any atom is 0.140 e. The molecule has 1 rings (SSSR count). The Labute approximate surface area is 65.8 Å². The van der Waals surface area contributed by atoms with Crippen molar-refractivity contribution in [3.63, 3.8) is 0 Å². The van der Waals surface area contributed by atoms with E-state index in [1.165, 1.54) is 12.3 Å². The Kier molecular flexibility index (Phi) is 2.08. The Balaban J connectivity index is 3.25. The Morgan fingerprint density at radius 2 is 2.33 bits per heavy atom. The summed E-state index contributed by atoms with van der Waals surface area (Å²) in [7, 11) is 0. The number of nitrogens with zero attached hydrogens (tertiary/aromatic N) is 1. The van der Waals surface area contributed by atoms with Gasteiger partial charge in [-0.05, 0) is 22.0 Å². The molecular weight excluding hydrogens is 205 g/mol. The van der Waals surface area contributed by atoms with Crippen LogP contribution in [-0.2, 0) is 0 Å². The van der Waals surface area contributed by atoms with Crippen molar-refractivity contribution in [3.05, 3.63) is 22.7 Å². The molecule has 0 saturated carbocycles. The lowest BCUT2D eigenvalue weighted by molar-refractivity contribution is 0.596. The highest BCUT2D eigenvalue weighted by Gasteiger charge is 2.00. The minimum absolute atomic E-state index is 0.248. The molecule has 48 valence electrons. The largest absolute Gasteiger partial charge is 0.248 e. The quantitative estimate of drug-likeness (QED) is 0.509. The normalized spacial score (nSPS) is 9.67. The van der Waals surface area contributed by atoms with Gasteiger partial charge in [0.2, 0.25) is 0 Å². The molecule has 0 N–H and O–H groups in total. The zero-order valence-corrected chi connectivity index (χ0v) is 6.79. The van der Waals surface area contributed by atoms with Gasteiger partial charge < -0.3 is 0 Å². The van der Waals surface area contributed by atoms with Crippen LogP contribution in [0.25, 0.3) is 0 Å². The maximum absolute atomic E-state index is 12.4. The molecule has 1 aromatic heterocycles. The third-order valence-corrected chi connectivity index (χ3v) is 2.16. The topological polar surface area (TPSA) is 12.9 Å². The van der Waals surface area contributed by atoms with Gasteiger partial charge in [0, 0.05) is 6.20 Å². The lowest BCUT2D eigenvalue weighted by Gasteiger charge is -1.93. The van der Waals surface area contributed by atoms with Crippen LogP contribution in [0.4, 0.5) is 4.39 Å². The van der Waals surface area contributed by atoms with Gasteiger partial charge >= 0.3 is 0 Å². The van der Waals surface area contributed by atoms with Crippen LogP contribution in [0.2, 0.25) is 0 Å². The van der Waals surface area contributed by atoms with E-state index in [-0.39, 0.29) is 10.7 Å². The molecule has 0 radical (unpaired) electrons. The number of thiol groups is 1. The fourth-order valence-corrected chi connectivity index (χ4v) is 0.847. The molecule has 0 saturated heterocycles. The molecule has 0 fully saturated rings. The van der Waals surface area contributed by atoms with E-state index in [1.54, 1.807) is 0 Å². The van der Waals surface area contributed by atoms with Gasteiger partial charge in [-0.2, -0.15) is 0 Å². The standard InChI is InChI=1S/C5H3BrFNS/c6-5-4(9)3(7)1-2-8-5/h1-2,9H. The van der Waals surface area contributed by atoms with Crippen molar-refractivity contribution in [1.82, 2.24) is 4.98 Å². The summed E-state index contributed by atoms with van der Waals surface area (Å²) in [5, 5.41) is 0. The summed E-state index contributed by atoms with van der Waals surface area (Å²) in [6, 6.07) is 1.26. The van der Waals surface area contributed by atoms with Crippen LogP contribution >= 0.6 is 28.6 Å². The van der Waals surface area contributed by atoms with Gasteiger partial charge in [-0.3, -0.25) is 0 Å². The fraction of sp³-hybridized carbons (Fsp3) is 0. The summed E-state index contributed by atoms with van der Waals surface area (Å²) in [6.45, 7) is 0. The van der Waals surface area contributed by atoms with Gasteiger partial charge in [-0.25, -0.2) is 9.37 Å². The molecule has 0 unspecified atom stereocenters. The monoisotopic (exact) mass is 207 g/mol. The van der Waals surface area contributed by atoms with E-state index < -0.39 is 0 Å². The first-order valence-electron chi connectivity index (χ1n) is 2.21. The molecule has 0 aliphatic heterocycles. The van der Waals surface area contributed by atoms with Crippen LogP contribution < -0.4 is 0 Å². The Morgan fingerprint density at radius 3 is 2.78 bits per heavy atom. The Hall–Kier alpha value is -0.0900. The molecule has 0 spiro atoms. The summed E-state index contributed by atoms with van der Waals surface area (Å²) in [6.07, 6.45) is 1.37. The van der Waals surface area contributed by atoms with Crippen molar-refractivity contribution in [3.8, 4) is 0 Å². The number of rotatable bonds is 0. The second-order valence-electron chi connectivity index (χ2n) is 1.43. The summed E-state index contributed by atoms with van der Waals surface area (Å²) < 4.78 is 12.9. The van der Waals surface area contributed by atoms with Crippen molar-refractivity contribution < 1.29 is 4.39 Å². The summed E-state index contributed by atoms with van der Waals surface area (Å²) in [5.41, 5.74) is 0. The van der Waals surface area contributed by atoms with Gasteiger partial charge in [-0.15, -0.1) is 12.6 Å². The molecule has 0 aromatic carbocycles. The van der Waals surface area contributed by atoms with E-state index in [2.05, 4.69) is 33.5 Å². The van der Waals surface area contributed by atoms with Gasteiger partial charge in [0.05, 0.1) is 4.90 Å². The van der Waals surface area contributed by atoms with Gasteiger partial charge in [0.1, 0.15) is 10.4 Å². The van der Waals surface area contributed by atoms with Crippen molar-refractivity contribution in [2.45, 2.75) is 4.90 Å². The number of aromatic nitrogens is 1. The molecule has 0 aliphatic rings. The van der Waals surface area contributed by atoms with E-state index in [1.807, 2.05) is 0 Å². The molecule has 1 aromatic rings. The van der Waals surface area contributed by atoms with Gasteiger partial charge in [0.25, 0.3) is 0 Å². The molecular formula is C5H3BrFNS. The Morgan fingerprint density at radius 1 is 1.67 bits per heavy atom. The summed E-state index contributed by atoms with van der Waals surface area (Å²) >= 11 is 6.85. The SMILES string of the molecule is Fc1ccnc(Br)c1S. The van der Waals surface area contributed by atoms with E-state index in [0.29, 0.717) is 4.60 Å². The molecule has 9 heavy (non-hydrogen) atoms. The van der Waals surface area contributed by atoms with Gasteiger partial charge in [0.15, 0.2) is 0 Å². The van der Waals surface area contributed by atoms with Crippen LogP contribution in [0, 0.1) is 5.82 Å². The van der Waals surface area contributed by atoms with E-state index >= 15 is 0 Å². The third-order valence-electron chi connectivity index (χ3n) is 0.830. The van der Waals surface area contributed by atoms with Crippen molar-refractivity contribution in [2.75, 3.05) is 0 Å². The third kappa shape index (κ3) is 1.43. The highest BCUT2D eigenvalue weighted by atomic mass is 79.9. The van der Waals surface area contributed by atoms with E-state index in [4.69, 9.17) is 0 Å². The maximum atomic E-state index is 12.4. The first-order chi connectivity index (χ1) is 4.22. The van der Waals surface area contributed by atoms with Crippen LogP contribution in [0.1, 0.15) is 0 Å². The lowest BCUT2D eigenvalue weighted by atomic mass is 10.5. The van der Waals surface area contributed by atoms with E-state index in [0.717, 1.165) is 0 Å². The second kappa shape index (κ2) is 2.66. The van der Waals surface area contributed by atoms with Gasteiger partial charge in [-0.1, -0.05) is 0 Å². The molecule has 0 atom stereocenters. The van der Waals surface area contributed by atoms with Crippen LogP contribution in [0.5, 0.6) is 0 Å². The van der Waals surface area contributed by atoms with Crippen LogP contribution in [-0.4, -0.2) is 4.98 Å². The molecule has 4 heteroatoms. The van der Waals surface area contributed by atoms with Crippen LogP contribution in [0.15, 0.2) is 21.8 Å². The summed E-state index contributed by atoms with van der Waals surface area (Å²) in [5.74, 6) is -0.361. The minimum atomic E-state index is -0.361. The zero-order valence-electron chi connectivity index (χ0n) is 4.31. The van der Waals surface area contributed by atoms with Crippen LogP contribution in [0.3, 0.4) is 0 Å². The fourth-order valence-electron chi connectivity index (χ4n) is 0.407. The molecule has 0 aliphatic carbocycles. The Bertz CT molecular complexity index is 208. The minimum Gasteiger partial charge on any atom is -0.248 e. The predicted molar refractivity (Wildman–Crippen MR) is 39.1 cm³/mol. The second-order valence-corrected chi connectivity index (χ2v) is 2.63. The number of hydrogen-bond donors (Lipinski definition) is 1. The average molecular weight is 208 g/mol. The molecule has 1 nitrogen and oxygen atoms in total. The van der Waals surface area contributed by atoms with Crippen molar-refractivity contribution in [1.29, 1.82) is 0 Å². The smallest absolute Gasteiger partial charge is 0.140 e. The van der Waals surface area contributed by atoms with Crippen molar-refractivity contribution in [2.24, 2.45) is 0 Å². The predicted octanol–water partition coefficient (Wildman–Crippen LogP) is 2.27. The molecule has 0 bridgehead atoms. The average Bonchev–Trinajstić information content (AvgIpc) is 1.83. The number of halogens is 2. The number of pyridine rings is 1. The molecule has 1 heterocycles. The zero-order chi connectivity index (χ0) is 6.85. The van der Waals surface area contributed by atoms with Crippen molar-refractivity contribution >= 4 is 28.6 Å².